The molecule has 11 heavy (non-hydrogen) atoms. The monoisotopic (exact) mass is 157 g/mol. The minimum Gasteiger partial charge on any atom is -0.382 e. The van der Waals surface area contributed by atoms with Crippen molar-refractivity contribution >= 4 is 0 Å². The van der Waals surface area contributed by atoms with Gasteiger partial charge in [-0.25, -0.2) is 0 Å². The fraction of sp³-hybridized carbons (Fsp3) is 1.00. The molecular weight excluding hydrogens is 138 g/mol. The second-order valence-corrected chi connectivity index (χ2v) is 3.48. The largest absolute Gasteiger partial charge is 0.382 e. The van der Waals surface area contributed by atoms with Crippen LogP contribution < -0.4 is 5.32 Å². The molecule has 66 valence electrons. The number of rotatable bonds is 3. The molecule has 2 nitrogen and oxygen atoms in total. The van der Waals surface area contributed by atoms with Crippen molar-refractivity contribution in [2.75, 3.05) is 20.2 Å². The van der Waals surface area contributed by atoms with E-state index in [0.717, 1.165) is 5.92 Å². The first-order valence-corrected chi connectivity index (χ1v) is 4.56. The van der Waals surface area contributed by atoms with Crippen molar-refractivity contribution in [1.29, 1.82) is 0 Å². The highest BCUT2D eigenvalue weighted by Gasteiger charge is 2.15. The van der Waals surface area contributed by atoms with Crippen molar-refractivity contribution in [3.63, 3.8) is 0 Å². The van der Waals surface area contributed by atoms with Gasteiger partial charge in [0.15, 0.2) is 0 Å². The van der Waals surface area contributed by atoms with Crippen LogP contribution in [0.4, 0.5) is 0 Å². The Balaban J connectivity index is 2.13. The van der Waals surface area contributed by atoms with E-state index in [1.165, 1.54) is 32.4 Å². The zero-order valence-electron chi connectivity index (χ0n) is 7.60. The van der Waals surface area contributed by atoms with Gasteiger partial charge >= 0.3 is 0 Å². The van der Waals surface area contributed by atoms with E-state index in [0.29, 0.717) is 6.10 Å². The summed E-state index contributed by atoms with van der Waals surface area (Å²) in [6.07, 6.45) is 4.33. The number of nitrogens with one attached hydrogen (secondary N) is 1. The van der Waals surface area contributed by atoms with E-state index in [2.05, 4.69) is 12.2 Å². The van der Waals surface area contributed by atoms with E-state index in [9.17, 15) is 0 Å². The molecular formula is C9H19NO. The molecule has 0 spiro atoms. The Bertz CT molecular complexity index is 99.7. The lowest BCUT2D eigenvalue weighted by Crippen LogP contribution is -2.29. The Hall–Kier alpha value is -0.0800. The van der Waals surface area contributed by atoms with Gasteiger partial charge in [-0.2, -0.15) is 0 Å². The number of hydrogen-bond donors (Lipinski definition) is 1. The number of hydrogen-bond acceptors (Lipinski definition) is 2. The zero-order valence-corrected chi connectivity index (χ0v) is 7.60. The van der Waals surface area contributed by atoms with E-state index < -0.39 is 0 Å². The second kappa shape index (κ2) is 4.73. The smallest absolute Gasteiger partial charge is 0.0545 e. The van der Waals surface area contributed by atoms with Crippen LogP contribution in [0.3, 0.4) is 0 Å². The van der Waals surface area contributed by atoms with E-state index >= 15 is 0 Å². The van der Waals surface area contributed by atoms with Crippen LogP contribution in [0.5, 0.6) is 0 Å². The van der Waals surface area contributed by atoms with E-state index in [4.69, 9.17) is 4.74 Å². The molecule has 0 radical (unpaired) electrons. The standard InChI is InChI=1S/C9H19NO/c1-8(11-2)7-9-3-5-10-6-4-9/h8-10H,3-7H2,1-2H3/t8-/m0/s1. The molecule has 0 aromatic rings. The molecule has 0 aromatic heterocycles. The summed E-state index contributed by atoms with van der Waals surface area (Å²) in [4.78, 5) is 0. The molecule has 0 aliphatic carbocycles. The van der Waals surface area contributed by atoms with Gasteiger partial charge < -0.3 is 10.1 Å². The minimum absolute atomic E-state index is 0.443. The van der Waals surface area contributed by atoms with Crippen molar-refractivity contribution in [2.24, 2.45) is 5.92 Å². The summed E-state index contributed by atoms with van der Waals surface area (Å²) < 4.78 is 5.23. The molecule has 1 N–H and O–H groups in total. The Morgan fingerprint density at radius 3 is 2.64 bits per heavy atom. The third-order valence-electron chi connectivity index (χ3n) is 2.53. The maximum atomic E-state index is 5.23. The molecule has 0 bridgehead atoms. The molecule has 1 saturated heterocycles. The molecule has 0 saturated carbocycles. The van der Waals surface area contributed by atoms with Crippen molar-refractivity contribution in [1.82, 2.24) is 5.32 Å². The molecule has 1 rings (SSSR count). The maximum Gasteiger partial charge on any atom is 0.0545 e. The Kier molecular flexibility index (Phi) is 3.87. The molecule has 1 heterocycles. The first-order valence-electron chi connectivity index (χ1n) is 4.56. The fourth-order valence-corrected chi connectivity index (χ4v) is 1.68. The van der Waals surface area contributed by atoms with Crippen LogP contribution in [-0.4, -0.2) is 26.3 Å². The van der Waals surface area contributed by atoms with Crippen molar-refractivity contribution in [2.45, 2.75) is 32.3 Å². The Labute approximate surface area is 69.3 Å². The van der Waals surface area contributed by atoms with E-state index in [-0.39, 0.29) is 0 Å². The zero-order chi connectivity index (χ0) is 8.10. The van der Waals surface area contributed by atoms with Crippen molar-refractivity contribution in [3.05, 3.63) is 0 Å². The predicted octanol–water partition coefficient (Wildman–Crippen LogP) is 1.41. The third kappa shape index (κ3) is 3.21. The van der Waals surface area contributed by atoms with Gasteiger partial charge in [0, 0.05) is 7.11 Å². The molecule has 1 fully saturated rings. The van der Waals surface area contributed by atoms with Gasteiger partial charge in [-0.15, -0.1) is 0 Å². The van der Waals surface area contributed by atoms with Gasteiger partial charge in [0.05, 0.1) is 6.10 Å². The van der Waals surface area contributed by atoms with Gasteiger partial charge in [-0.3, -0.25) is 0 Å². The lowest BCUT2D eigenvalue weighted by Gasteiger charge is -2.24. The highest BCUT2D eigenvalue weighted by atomic mass is 16.5. The average Bonchev–Trinajstić information content (AvgIpc) is 2.06. The quantitative estimate of drug-likeness (QED) is 0.669. The summed E-state index contributed by atoms with van der Waals surface area (Å²) >= 11 is 0. The maximum absolute atomic E-state index is 5.23. The second-order valence-electron chi connectivity index (χ2n) is 3.48. The van der Waals surface area contributed by atoms with Gasteiger partial charge in [-0.1, -0.05) is 0 Å². The first kappa shape index (κ1) is 9.01. The molecule has 1 atom stereocenters. The topological polar surface area (TPSA) is 21.3 Å². The normalized spacial score (nSPS) is 23.5. The molecule has 1 aliphatic heterocycles. The van der Waals surface area contributed by atoms with Gasteiger partial charge in [0.1, 0.15) is 0 Å². The van der Waals surface area contributed by atoms with Crippen LogP contribution in [-0.2, 0) is 4.74 Å². The third-order valence-corrected chi connectivity index (χ3v) is 2.53. The van der Waals surface area contributed by atoms with Crippen LogP contribution in [0.2, 0.25) is 0 Å². The van der Waals surface area contributed by atoms with Crippen molar-refractivity contribution in [3.8, 4) is 0 Å². The summed E-state index contributed by atoms with van der Waals surface area (Å²) in [7, 11) is 1.80. The molecule has 1 aliphatic rings. The van der Waals surface area contributed by atoms with Gasteiger partial charge in [0.2, 0.25) is 0 Å². The molecule has 0 aromatic carbocycles. The van der Waals surface area contributed by atoms with E-state index in [1.807, 2.05) is 0 Å². The highest BCUT2D eigenvalue weighted by molar-refractivity contribution is 4.70. The molecule has 0 amide bonds. The highest BCUT2D eigenvalue weighted by Crippen LogP contribution is 2.18. The van der Waals surface area contributed by atoms with Crippen LogP contribution in [0, 0.1) is 5.92 Å². The lowest BCUT2D eigenvalue weighted by atomic mass is 9.92. The Morgan fingerprint density at radius 2 is 2.09 bits per heavy atom. The van der Waals surface area contributed by atoms with Gasteiger partial charge in [0.25, 0.3) is 0 Å². The summed E-state index contributed by atoms with van der Waals surface area (Å²) in [6, 6.07) is 0. The fourth-order valence-electron chi connectivity index (χ4n) is 1.68. The number of piperidine rings is 1. The van der Waals surface area contributed by atoms with Crippen LogP contribution in [0.1, 0.15) is 26.2 Å². The van der Waals surface area contributed by atoms with Crippen LogP contribution >= 0.6 is 0 Å². The minimum atomic E-state index is 0.443. The number of ether oxygens (including phenoxy) is 1. The summed E-state index contributed by atoms with van der Waals surface area (Å²) in [5.41, 5.74) is 0. The van der Waals surface area contributed by atoms with E-state index in [1.54, 1.807) is 7.11 Å². The predicted molar refractivity (Wildman–Crippen MR) is 46.7 cm³/mol. The summed E-state index contributed by atoms with van der Waals surface area (Å²) in [6.45, 7) is 4.55. The van der Waals surface area contributed by atoms with Crippen LogP contribution in [0.25, 0.3) is 0 Å². The number of methoxy groups -OCH3 is 1. The van der Waals surface area contributed by atoms with Gasteiger partial charge in [-0.05, 0) is 45.2 Å². The lowest BCUT2D eigenvalue weighted by molar-refractivity contribution is 0.0893. The molecule has 0 unspecified atom stereocenters. The SMILES string of the molecule is CO[C@@H](C)CC1CCNCC1. The summed E-state index contributed by atoms with van der Waals surface area (Å²) in [5, 5.41) is 3.37. The van der Waals surface area contributed by atoms with Crippen molar-refractivity contribution < 1.29 is 4.74 Å². The van der Waals surface area contributed by atoms with Crippen LogP contribution in [0.15, 0.2) is 0 Å². The Morgan fingerprint density at radius 1 is 1.45 bits per heavy atom. The summed E-state index contributed by atoms with van der Waals surface area (Å²) in [5.74, 6) is 0.895. The first-order chi connectivity index (χ1) is 5.33. The average molecular weight is 157 g/mol. The molecule has 2 heteroatoms.